The molecule has 0 amide bonds. The van der Waals surface area contributed by atoms with Gasteiger partial charge in [-0.05, 0) is 6.08 Å². The number of halogens is 1. The van der Waals surface area contributed by atoms with Crippen LogP contribution in [-0.2, 0) is 9.53 Å². The van der Waals surface area contributed by atoms with E-state index in [1.807, 2.05) is 0 Å². The molecule has 0 aromatic carbocycles. The molecule has 0 aromatic heterocycles. The van der Waals surface area contributed by atoms with E-state index in [1.165, 1.54) is 7.11 Å². The first-order valence-electron chi connectivity index (χ1n) is 2.87. The maximum Gasteiger partial charge on any atom is 0.317 e. The van der Waals surface area contributed by atoms with Crippen LogP contribution in [0.3, 0.4) is 0 Å². The van der Waals surface area contributed by atoms with Crippen molar-refractivity contribution in [2.75, 3.05) is 7.11 Å². The molecule has 1 aliphatic carbocycles. The topological polar surface area (TPSA) is 26.3 Å². The molecule has 10 heavy (non-hydrogen) atoms. The van der Waals surface area contributed by atoms with Crippen molar-refractivity contribution in [1.82, 2.24) is 0 Å². The lowest BCUT2D eigenvalue weighted by atomic mass is 10.2. The lowest BCUT2D eigenvalue weighted by Gasteiger charge is -2.03. The van der Waals surface area contributed by atoms with Crippen molar-refractivity contribution in [3.63, 3.8) is 0 Å². The number of methoxy groups -OCH3 is 1. The van der Waals surface area contributed by atoms with Crippen molar-refractivity contribution in [2.24, 2.45) is 5.92 Å². The van der Waals surface area contributed by atoms with E-state index in [0.29, 0.717) is 5.03 Å². The molecule has 1 atom stereocenters. The number of allylic oxidation sites excluding steroid dienone is 2. The predicted octanol–water partition coefficient (Wildman–Crippen LogP) is 1.47. The van der Waals surface area contributed by atoms with Crippen molar-refractivity contribution in [3.05, 3.63) is 23.3 Å². The van der Waals surface area contributed by atoms with E-state index in [9.17, 15) is 4.79 Å². The van der Waals surface area contributed by atoms with Gasteiger partial charge < -0.3 is 4.74 Å². The maximum absolute atomic E-state index is 10.8. The lowest BCUT2D eigenvalue weighted by Crippen LogP contribution is -2.12. The summed E-state index contributed by atoms with van der Waals surface area (Å²) in [6.07, 6.45) is 5.13. The van der Waals surface area contributed by atoms with Gasteiger partial charge in [-0.25, -0.2) is 0 Å². The van der Waals surface area contributed by atoms with Crippen LogP contribution < -0.4 is 0 Å². The Morgan fingerprint density at radius 3 is 2.90 bits per heavy atom. The number of hydrogen-bond donors (Lipinski definition) is 0. The molecular formula is C7H7ClO2. The fraction of sp³-hybridized carbons (Fsp3) is 0.286. The van der Waals surface area contributed by atoms with Crippen LogP contribution in [0, 0.1) is 5.92 Å². The van der Waals surface area contributed by atoms with Gasteiger partial charge in [-0.2, -0.15) is 0 Å². The first kappa shape index (κ1) is 7.35. The minimum Gasteiger partial charge on any atom is -0.468 e. The van der Waals surface area contributed by atoms with Gasteiger partial charge in [0, 0.05) is 5.03 Å². The summed E-state index contributed by atoms with van der Waals surface area (Å²) in [5, 5.41) is 0.520. The molecule has 0 N–H and O–H groups in total. The van der Waals surface area contributed by atoms with Gasteiger partial charge in [0.05, 0.1) is 7.11 Å². The highest BCUT2D eigenvalue weighted by molar-refractivity contribution is 6.31. The third-order valence-electron chi connectivity index (χ3n) is 1.31. The lowest BCUT2D eigenvalue weighted by molar-refractivity contribution is -0.142. The highest BCUT2D eigenvalue weighted by Crippen LogP contribution is 2.23. The molecule has 54 valence electrons. The average molecular weight is 159 g/mol. The largest absolute Gasteiger partial charge is 0.468 e. The zero-order valence-electron chi connectivity index (χ0n) is 5.50. The smallest absolute Gasteiger partial charge is 0.317 e. The monoisotopic (exact) mass is 158 g/mol. The van der Waals surface area contributed by atoms with Crippen LogP contribution in [0.4, 0.5) is 0 Å². The Kier molecular flexibility index (Phi) is 2.12. The van der Waals surface area contributed by atoms with Gasteiger partial charge in [0.1, 0.15) is 5.92 Å². The van der Waals surface area contributed by atoms with Gasteiger partial charge in [-0.1, -0.05) is 23.8 Å². The second kappa shape index (κ2) is 2.88. The van der Waals surface area contributed by atoms with E-state index in [-0.39, 0.29) is 11.9 Å². The fourth-order valence-corrected chi connectivity index (χ4v) is 1.01. The van der Waals surface area contributed by atoms with E-state index in [4.69, 9.17) is 11.6 Å². The van der Waals surface area contributed by atoms with Gasteiger partial charge in [-0.15, -0.1) is 0 Å². The van der Waals surface area contributed by atoms with Crippen LogP contribution in [-0.4, -0.2) is 13.1 Å². The zero-order valence-corrected chi connectivity index (χ0v) is 6.26. The van der Waals surface area contributed by atoms with E-state index in [2.05, 4.69) is 4.74 Å². The molecule has 0 bridgehead atoms. The summed E-state index contributed by atoms with van der Waals surface area (Å²) >= 11 is 5.65. The van der Waals surface area contributed by atoms with Gasteiger partial charge >= 0.3 is 5.97 Å². The molecule has 2 nitrogen and oxygen atoms in total. The Labute approximate surface area is 64.1 Å². The molecular weight excluding hydrogens is 152 g/mol. The molecule has 0 radical (unpaired) electrons. The predicted molar refractivity (Wildman–Crippen MR) is 38.6 cm³/mol. The number of rotatable bonds is 1. The Bertz CT molecular complexity index is 206. The summed E-state index contributed by atoms with van der Waals surface area (Å²) in [6.45, 7) is 0. The van der Waals surface area contributed by atoms with E-state index < -0.39 is 0 Å². The summed E-state index contributed by atoms with van der Waals surface area (Å²) in [5.74, 6) is -0.679. The molecule has 0 aromatic rings. The van der Waals surface area contributed by atoms with Crippen LogP contribution in [0.25, 0.3) is 0 Å². The molecule has 0 saturated carbocycles. The Hall–Kier alpha value is -0.760. The molecule has 3 heteroatoms. The molecule has 0 saturated heterocycles. The fourth-order valence-electron chi connectivity index (χ4n) is 0.772. The van der Waals surface area contributed by atoms with E-state index in [0.717, 1.165) is 0 Å². The van der Waals surface area contributed by atoms with E-state index >= 15 is 0 Å². The SMILES string of the molecule is COC(=O)C1C=CC=C1Cl. The number of carbonyl (C=O) groups excluding carboxylic acids is 1. The Balaban J connectivity index is 2.66. The number of hydrogen-bond acceptors (Lipinski definition) is 2. The number of esters is 1. The summed E-state index contributed by atoms with van der Waals surface area (Å²) in [7, 11) is 1.35. The molecule has 0 fully saturated rings. The van der Waals surface area contributed by atoms with Crippen molar-refractivity contribution in [2.45, 2.75) is 0 Å². The second-order valence-corrected chi connectivity index (χ2v) is 2.37. The van der Waals surface area contributed by atoms with Gasteiger partial charge in [0.25, 0.3) is 0 Å². The first-order valence-corrected chi connectivity index (χ1v) is 3.25. The quantitative estimate of drug-likeness (QED) is 0.541. The van der Waals surface area contributed by atoms with Crippen molar-refractivity contribution in [3.8, 4) is 0 Å². The van der Waals surface area contributed by atoms with Crippen molar-refractivity contribution in [1.29, 1.82) is 0 Å². The van der Waals surface area contributed by atoms with Crippen LogP contribution in [0.5, 0.6) is 0 Å². The zero-order chi connectivity index (χ0) is 7.56. The average Bonchev–Trinajstić information content (AvgIpc) is 2.34. The summed E-state index contributed by atoms with van der Waals surface area (Å²) in [5.41, 5.74) is 0. The number of ether oxygens (including phenoxy) is 1. The van der Waals surface area contributed by atoms with Crippen LogP contribution >= 0.6 is 11.6 Å². The maximum atomic E-state index is 10.8. The molecule has 1 unspecified atom stereocenters. The van der Waals surface area contributed by atoms with Crippen molar-refractivity contribution >= 4 is 17.6 Å². The van der Waals surface area contributed by atoms with Crippen LogP contribution in [0.1, 0.15) is 0 Å². The molecule has 1 aliphatic rings. The Morgan fingerprint density at radius 1 is 1.80 bits per heavy atom. The summed E-state index contributed by atoms with van der Waals surface area (Å²) in [6, 6.07) is 0. The Morgan fingerprint density at radius 2 is 2.50 bits per heavy atom. The van der Waals surface area contributed by atoms with Crippen LogP contribution in [0.15, 0.2) is 23.3 Å². The first-order chi connectivity index (χ1) is 4.75. The van der Waals surface area contributed by atoms with Gasteiger partial charge in [0.15, 0.2) is 0 Å². The normalized spacial score (nSPS) is 22.6. The minimum absolute atomic E-state index is 0.310. The molecule has 0 spiro atoms. The van der Waals surface area contributed by atoms with Crippen molar-refractivity contribution < 1.29 is 9.53 Å². The highest BCUT2D eigenvalue weighted by Gasteiger charge is 2.21. The molecule has 0 heterocycles. The van der Waals surface area contributed by atoms with Gasteiger partial charge in [-0.3, -0.25) is 4.79 Å². The minimum atomic E-state index is -0.369. The van der Waals surface area contributed by atoms with Gasteiger partial charge in [0.2, 0.25) is 0 Å². The second-order valence-electron chi connectivity index (χ2n) is 1.94. The standard InChI is InChI=1S/C7H7ClO2/c1-10-7(9)5-3-2-4-6(5)8/h2-5H,1H3. The number of carbonyl (C=O) groups is 1. The molecule has 1 rings (SSSR count). The third-order valence-corrected chi connectivity index (χ3v) is 1.67. The third kappa shape index (κ3) is 1.21. The van der Waals surface area contributed by atoms with E-state index in [1.54, 1.807) is 18.2 Å². The highest BCUT2D eigenvalue weighted by atomic mass is 35.5. The molecule has 0 aliphatic heterocycles. The summed E-state index contributed by atoms with van der Waals surface area (Å²) in [4.78, 5) is 10.8. The summed E-state index contributed by atoms with van der Waals surface area (Å²) < 4.78 is 4.49. The van der Waals surface area contributed by atoms with Crippen LogP contribution in [0.2, 0.25) is 0 Å².